The summed E-state index contributed by atoms with van der Waals surface area (Å²) in [4.78, 5) is 30.3. The summed E-state index contributed by atoms with van der Waals surface area (Å²) < 4.78 is 1.99. The molecule has 0 saturated carbocycles. The second-order valence-electron chi connectivity index (χ2n) is 6.58. The van der Waals surface area contributed by atoms with E-state index in [4.69, 9.17) is 0 Å². The van der Waals surface area contributed by atoms with Crippen LogP contribution in [0.15, 0.2) is 36.9 Å². The van der Waals surface area contributed by atoms with Crippen LogP contribution >= 0.6 is 0 Å². The Balaban J connectivity index is 1.63. The second-order valence-corrected chi connectivity index (χ2v) is 6.58. The van der Waals surface area contributed by atoms with Gasteiger partial charge in [-0.1, -0.05) is 6.92 Å². The van der Waals surface area contributed by atoms with E-state index >= 15 is 0 Å². The molecule has 2 heterocycles. The average molecular weight is 341 g/mol. The van der Waals surface area contributed by atoms with Crippen molar-refractivity contribution in [1.82, 2.24) is 14.9 Å². The van der Waals surface area contributed by atoms with Gasteiger partial charge in [-0.3, -0.25) is 9.59 Å². The summed E-state index contributed by atoms with van der Waals surface area (Å²) >= 11 is 0. The van der Waals surface area contributed by atoms with E-state index in [1.165, 1.54) is 0 Å². The molecule has 0 fully saturated rings. The Morgan fingerprint density at radius 2 is 2.24 bits per heavy atom. The number of amides is 2. The van der Waals surface area contributed by atoms with Gasteiger partial charge in [-0.2, -0.15) is 0 Å². The zero-order valence-corrected chi connectivity index (χ0v) is 14.7. The van der Waals surface area contributed by atoms with Crippen LogP contribution in [0.2, 0.25) is 0 Å². The number of aromatic nitrogens is 2. The first-order valence-corrected chi connectivity index (χ1v) is 8.37. The van der Waals surface area contributed by atoms with Crippen molar-refractivity contribution < 1.29 is 9.59 Å². The maximum absolute atomic E-state index is 12.4. The van der Waals surface area contributed by atoms with Crippen molar-refractivity contribution in [3.63, 3.8) is 0 Å². The molecule has 7 heteroatoms. The van der Waals surface area contributed by atoms with Gasteiger partial charge >= 0.3 is 0 Å². The highest BCUT2D eigenvalue weighted by atomic mass is 16.2. The number of nitrogens with one attached hydrogen (secondary N) is 2. The molecule has 1 aromatic heterocycles. The van der Waals surface area contributed by atoms with Crippen LogP contribution in [0, 0.1) is 5.92 Å². The first kappa shape index (κ1) is 17.0. The summed E-state index contributed by atoms with van der Waals surface area (Å²) in [5.41, 5.74) is 2.12. The first-order chi connectivity index (χ1) is 12.0. The Hall–Kier alpha value is -2.83. The minimum Gasteiger partial charge on any atom is -0.361 e. The molecular weight excluding hydrogens is 318 g/mol. The number of fused-ring (bicyclic) bond motifs is 1. The lowest BCUT2D eigenvalue weighted by atomic mass is 10.1. The molecule has 3 rings (SSSR count). The SMILES string of the molecule is CC(CNC(=O)c1ccc2c(c1)NC(=O)C(C)N2C)Cn1ccnc1. The van der Waals surface area contributed by atoms with Gasteiger partial charge in [0, 0.05) is 38.1 Å². The average Bonchev–Trinajstić information content (AvgIpc) is 3.10. The third-order valence-corrected chi connectivity index (χ3v) is 4.55. The van der Waals surface area contributed by atoms with Crippen LogP contribution in [0.5, 0.6) is 0 Å². The lowest BCUT2D eigenvalue weighted by molar-refractivity contribution is -0.117. The Bertz CT molecular complexity index is 772. The molecule has 0 aliphatic carbocycles. The number of nitrogens with zero attached hydrogens (tertiary/aromatic N) is 3. The van der Waals surface area contributed by atoms with E-state index in [1.807, 2.05) is 35.7 Å². The molecule has 0 spiro atoms. The maximum Gasteiger partial charge on any atom is 0.251 e. The van der Waals surface area contributed by atoms with E-state index in [0.717, 1.165) is 12.2 Å². The number of imidazole rings is 1. The number of likely N-dealkylation sites (N-methyl/N-ethyl adjacent to an activating group) is 1. The van der Waals surface area contributed by atoms with Crippen LogP contribution in [0.25, 0.3) is 0 Å². The molecule has 0 bridgehead atoms. The van der Waals surface area contributed by atoms with Gasteiger partial charge in [0.2, 0.25) is 5.91 Å². The molecule has 132 valence electrons. The number of carbonyl (C=O) groups excluding carboxylic acids is 2. The van der Waals surface area contributed by atoms with Gasteiger partial charge in [0.1, 0.15) is 6.04 Å². The molecule has 0 saturated heterocycles. The number of rotatable bonds is 5. The predicted octanol–water partition coefficient (Wildman–Crippen LogP) is 1.73. The molecule has 1 aliphatic heterocycles. The van der Waals surface area contributed by atoms with Gasteiger partial charge in [0.25, 0.3) is 5.91 Å². The van der Waals surface area contributed by atoms with Crippen molar-refractivity contribution in [2.75, 3.05) is 23.8 Å². The van der Waals surface area contributed by atoms with E-state index in [9.17, 15) is 9.59 Å². The topological polar surface area (TPSA) is 79.3 Å². The summed E-state index contributed by atoms with van der Waals surface area (Å²) in [6, 6.07) is 5.16. The Morgan fingerprint density at radius 3 is 2.96 bits per heavy atom. The van der Waals surface area contributed by atoms with Crippen LogP contribution in [-0.2, 0) is 11.3 Å². The largest absolute Gasteiger partial charge is 0.361 e. The third kappa shape index (κ3) is 3.65. The van der Waals surface area contributed by atoms with Crippen molar-refractivity contribution in [3.8, 4) is 0 Å². The third-order valence-electron chi connectivity index (χ3n) is 4.55. The molecule has 1 aliphatic rings. The molecule has 2 aromatic rings. The zero-order valence-electron chi connectivity index (χ0n) is 14.7. The maximum atomic E-state index is 12.4. The monoisotopic (exact) mass is 341 g/mol. The summed E-state index contributed by atoms with van der Waals surface area (Å²) in [5.74, 6) is 0.0692. The fourth-order valence-corrected chi connectivity index (χ4v) is 2.89. The lowest BCUT2D eigenvalue weighted by Gasteiger charge is -2.33. The normalized spacial score (nSPS) is 17.6. The molecule has 2 N–H and O–H groups in total. The quantitative estimate of drug-likeness (QED) is 0.868. The molecule has 2 amide bonds. The van der Waals surface area contributed by atoms with E-state index in [1.54, 1.807) is 24.7 Å². The fourth-order valence-electron chi connectivity index (χ4n) is 2.89. The predicted molar refractivity (Wildman–Crippen MR) is 96.7 cm³/mol. The molecule has 7 nitrogen and oxygen atoms in total. The summed E-state index contributed by atoms with van der Waals surface area (Å²) in [6.45, 7) is 5.28. The Kier molecular flexibility index (Phi) is 4.74. The number of anilines is 2. The van der Waals surface area contributed by atoms with Crippen molar-refractivity contribution in [1.29, 1.82) is 0 Å². The van der Waals surface area contributed by atoms with Gasteiger partial charge in [-0.15, -0.1) is 0 Å². The van der Waals surface area contributed by atoms with Crippen LogP contribution in [0.3, 0.4) is 0 Å². The molecule has 2 atom stereocenters. The molecular formula is C18H23N5O2. The molecule has 2 unspecified atom stereocenters. The van der Waals surface area contributed by atoms with Crippen molar-refractivity contribution in [3.05, 3.63) is 42.5 Å². The van der Waals surface area contributed by atoms with E-state index in [-0.39, 0.29) is 23.8 Å². The van der Waals surface area contributed by atoms with Gasteiger partial charge in [0.05, 0.1) is 17.7 Å². The van der Waals surface area contributed by atoms with Crippen molar-refractivity contribution in [2.45, 2.75) is 26.4 Å². The Morgan fingerprint density at radius 1 is 1.44 bits per heavy atom. The smallest absolute Gasteiger partial charge is 0.251 e. The number of carbonyl (C=O) groups is 2. The van der Waals surface area contributed by atoms with Gasteiger partial charge in [-0.05, 0) is 31.0 Å². The highest BCUT2D eigenvalue weighted by molar-refractivity contribution is 6.05. The minimum atomic E-state index is -0.226. The van der Waals surface area contributed by atoms with Crippen LogP contribution < -0.4 is 15.5 Å². The van der Waals surface area contributed by atoms with Gasteiger partial charge in [0.15, 0.2) is 0 Å². The van der Waals surface area contributed by atoms with E-state index in [0.29, 0.717) is 17.8 Å². The second kappa shape index (κ2) is 6.96. The number of hydrogen-bond acceptors (Lipinski definition) is 4. The van der Waals surface area contributed by atoms with Crippen molar-refractivity contribution >= 4 is 23.2 Å². The molecule has 25 heavy (non-hydrogen) atoms. The van der Waals surface area contributed by atoms with Crippen molar-refractivity contribution in [2.24, 2.45) is 5.92 Å². The molecule has 1 aromatic carbocycles. The zero-order chi connectivity index (χ0) is 18.0. The summed E-state index contributed by atoms with van der Waals surface area (Å²) in [7, 11) is 1.87. The number of benzene rings is 1. The van der Waals surface area contributed by atoms with Crippen LogP contribution in [0.1, 0.15) is 24.2 Å². The Labute approximate surface area is 147 Å². The van der Waals surface area contributed by atoms with E-state index < -0.39 is 0 Å². The molecule has 0 radical (unpaired) electrons. The fraction of sp³-hybridized carbons (Fsp3) is 0.389. The van der Waals surface area contributed by atoms with Gasteiger partial charge < -0.3 is 20.1 Å². The van der Waals surface area contributed by atoms with Gasteiger partial charge in [-0.25, -0.2) is 4.98 Å². The van der Waals surface area contributed by atoms with Crippen LogP contribution in [0.4, 0.5) is 11.4 Å². The standard InChI is InChI=1S/C18H23N5O2/c1-12(10-23-7-6-19-11-23)9-20-18(25)14-4-5-16-15(8-14)21-17(24)13(2)22(16)3/h4-8,11-13H,9-10H2,1-3H3,(H,20,25)(H,21,24). The highest BCUT2D eigenvalue weighted by Crippen LogP contribution is 2.31. The summed E-state index contributed by atoms with van der Waals surface area (Å²) in [6.07, 6.45) is 5.41. The first-order valence-electron chi connectivity index (χ1n) is 8.37. The minimum absolute atomic E-state index is 0.0680. The van der Waals surface area contributed by atoms with Crippen LogP contribution in [-0.4, -0.2) is 41.0 Å². The lowest BCUT2D eigenvalue weighted by Crippen LogP contribution is -2.44. The highest BCUT2D eigenvalue weighted by Gasteiger charge is 2.27. The summed E-state index contributed by atoms with van der Waals surface area (Å²) in [5, 5.41) is 5.81. The van der Waals surface area contributed by atoms with E-state index in [2.05, 4.69) is 22.5 Å². The number of hydrogen-bond donors (Lipinski definition) is 2.